The topological polar surface area (TPSA) is 70.2 Å². The molecule has 0 aromatic carbocycles. The summed E-state index contributed by atoms with van der Waals surface area (Å²) < 4.78 is 28.5. The van der Waals surface area contributed by atoms with E-state index in [2.05, 4.69) is 21.7 Å². The Bertz CT molecular complexity index is 327. The number of piperidine rings is 1. The lowest BCUT2D eigenvalue weighted by atomic mass is 9.88. The van der Waals surface area contributed by atoms with E-state index in [9.17, 15) is 8.42 Å². The normalized spacial score (nSPS) is 31.6. The fraction of sp³-hybridized carbons (Fsp3) is 1.00. The first-order chi connectivity index (χ1) is 7.57. The third-order valence-corrected chi connectivity index (χ3v) is 4.61. The van der Waals surface area contributed by atoms with E-state index in [0.29, 0.717) is 18.4 Å². The van der Waals surface area contributed by atoms with Crippen LogP contribution in [0.2, 0.25) is 0 Å². The number of rotatable bonds is 5. The van der Waals surface area contributed by atoms with E-state index in [1.54, 1.807) is 0 Å². The Hall–Kier alpha value is -0.170. The molecule has 0 aromatic heterocycles. The van der Waals surface area contributed by atoms with Gasteiger partial charge in [-0.3, -0.25) is 0 Å². The molecular weight excluding hydrogens is 226 g/mol. The Morgan fingerprint density at radius 2 is 2.06 bits per heavy atom. The molecule has 5 nitrogen and oxygen atoms in total. The van der Waals surface area contributed by atoms with Gasteiger partial charge in [0, 0.05) is 12.6 Å². The van der Waals surface area contributed by atoms with Crippen molar-refractivity contribution in [3.8, 4) is 0 Å². The minimum Gasteiger partial charge on any atom is -0.316 e. The lowest BCUT2D eigenvalue weighted by Gasteiger charge is -2.29. The second-order valence-corrected chi connectivity index (χ2v) is 6.51. The summed E-state index contributed by atoms with van der Waals surface area (Å²) in [7, 11) is -3.27. The monoisotopic (exact) mass is 247 g/mol. The number of hydrogen-bond acceptors (Lipinski definition) is 3. The maximum atomic E-state index is 11.6. The molecule has 6 heteroatoms. The molecule has 0 spiro atoms. The number of nitrogens with one attached hydrogen (secondary N) is 3. The van der Waals surface area contributed by atoms with Crippen LogP contribution in [0.3, 0.4) is 0 Å². The van der Waals surface area contributed by atoms with E-state index < -0.39 is 10.2 Å². The number of hydrogen-bond donors (Lipinski definition) is 3. The molecule has 94 valence electrons. The molecule has 1 saturated carbocycles. The maximum Gasteiger partial charge on any atom is 0.277 e. The highest BCUT2D eigenvalue weighted by molar-refractivity contribution is 7.87. The van der Waals surface area contributed by atoms with Crippen molar-refractivity contribution in [1.82, 2.24) is 14.8 Å². The van der Waals surface area contributed by atoms with Gasteiger partial charge in [-0.2, -0.15) is 13.1 Å². The van der Waals surface area contributed by atoms with Crippen LogP contribution in [0.5, 0.6) is 0 Å². The summed E-state index contributed by atoms with van der Waals surface area (Å²) in [6.45, 7) is 4.68. The summed E-state index contributed by atoms with van der Waals surface area (Å²) in [4.78, 5) is 0. The molecule has 1 aliphatic carbocycles. The average Bonchev–Trinajstić information content (AvgIpc) is 3.00. The molecule has 2 aliphatic rings. The van der Waals surface area contributed by atoms with Crippen molar-refractivity contribution in [2.75, 3.05) is 19.6 Å². The van der Waals surface area contributed by atoms with Gasteiger partial charge in [-0.25, -0.2) is 4.72 Å². The van der Waals surface area contributed by atoms with Gasteiger partial charge in [-0.1, -0.05) is 6.92 Å². The van der Waals surface area contributed by atoms with Crippen LogP contribution in [0, 0.1) is 11.8 Å². The van der Waals surface area contributed by atoms with E-state index in [0.717, 1.165) is 32.4 Å². The van der Waals surface area contributed by atoms with Gasteiger partial charge in [-0.05, 0) is 44.2 Å². The minimum atomic E-state index is -3.27. The highest BCUT2D eigenvalue weighted by Gasteiger charge is 2.28. The maximum absolute atomic E-state index is 11.6. The average molecular weight is 247 g/mol. The quantitative estimate of drug-likeness (QED) is 0.631. The van der Waals surface area contributed by atoms with E-state index in [1.165, 1.54) is 0 Å². The Morgan fingerprint density at radius 3 is 2.69 bits per heavy atom. The molecule has 0 amide bonds. The molecule has 0 bridgehead atoms. The van der Waals surface area contributed by atoms with Crippen molar-refractivity contribution in [2.45, 2.75) is 32.2 Å². The fourth-order valence-electron chi connectivity index (χ4n) is 2.01. The van der Waals surface area contributed by atoms with Crippen LogP contribution < -0.4 is 14.8 Å². The van der Waals surface area contributed by atoms with Crippen LogP contribution in [-0.2, 0) is 10.2 Å². The zero-order chi connectivity index (χ0) is 11.6. The Balaban J connectivity index is 1.76. The summed E-state index contributed by atoms with van der Waals surface area (Å²) in [5.41, 5.74) is 0. The van der Waals surface area contributed by atoms with Gasteiger partial charge in [-0.15, -0.1) is 0 Å². The van der Waals surface area contributed by atoms with Crippen molar-refractivity contribution >= 4 is 10.2 Å². The lowest BCUT2D eigenvalue weighted by molar-refractivity contribution is 0.275. The van der Waals surface area contributed by atoms with Crippen LogP contribution in [0.4, 0.5) is 0 Å². The molecule has 2 unspecified atom stereocenters. The van der Waals surface area contributed by atoms with Crippen LogP contribution in [0.1, 0.15) is 26.2 Å². The Labute approximate surface area is 97.6 Å². The SMILES string of the molecule is CC1CCNCC1CNS(=O)(=O)NC1CC1. The van der Waals surface area contributed by atoms with E-state index in [-0.39, 0.29) is 6.04 Å². The van der Waals surface area contributed by atoms with Gasteiger partial charge in [0.15, 0.2) is 0 Å². The standard InChI is InChI=1S/C10H21N3O2S/c1-8-4-5-11-6-9(8)7-12-16(14,15)13-10-2-3-10/h8-13H,2-7H2,1H3. The highest BCUT2D eigenvalue weighted by Crippen LogP contribution is 2.20. The molecule has 2 atom stereocenters. The van der Waals surface area contributed by atoms with Crippen molar-refractivity contribution in [3.05, 3.63) is 0 Å². The van der Waals surface area contributed by atoms with Crippen molar-refractivity contribution in [1.29, 1.82) is 0 Å². The molecule has 0 radical (unpaired) electrons. The van der Waals surface area contributed by atoms with Crippen LogP contribution in [0.15, 0.2) is 0 Å². The fourth-order valence-corrected chi connectivity index (χ4v) is 3.20. The minimum absolute atomic E-state index is 0.180. The molecule has 2 rings (SSSR count). The second-order valence-electron chi connectivity index (χ2n) is 4.97. The molecule has 2 fully saturated rings. The van der Waals surface area contributed by atoms with Gasteiger partial charge in [0.2, 0.25) is 0 Å². The molecular formula is C10H21N3O2S. The first kappa shape index (κ1) is 12.3. The van der Waals surface area contributed by atoms with E-state index in [1.807, 2.05) is 0 Å². The van der Waals surface area contributed by atoms with Crippen molar-refractivity contribution in [2.24, 2.45) is 11.8 Å². The summed E-state index contributed by atoms with van der Waals surface area (Å²) in [5, 5.41) is 3.30. The summed E-state index contributed by atoms with van der Waals surface area (Å²) in [6.07, 6.45) is 3.08. The first-order valence-electron chi connectivity index (χ1n) is 6.04. The van der Waals surface area contributed by atoms with Crippen LogP contribution in [-0.4, -0.2) is 34.1 Å². The summed E-state index contributed by atoms with van der Waals surface area (Å²) in [5.74, 6) is 0.995. The third kappa shape index (κ3) is 3.69. The predicted octanol–water partition coefficient (Wildman–Crippen LogP) is -0.182. The summed E-state index contributed by atoms with van der Waals surface area (Å²) in [6, 6.07) is 0.180. The van der Waals surface area contributed by atoms with Gasteiger partial charge in [0.1, 0.15) is 0 Å². The zero-order valence-electron chi connectivity index (χ0n) is 9.70. The highest BCUT2D eigenvalue weighted by atomic mass is 32.2. The van der Waals surface area contributed by atoms with E-state index >= 15 is 0 Å². The predicted molar refractivity (Wildman–Crippen MR) is 63.2 cm³/mol. The lowest BCUT2D eigenvalue weighted by Crippen LogP contribution is -2.45. The molecule has 1 saturated heterocycles. The third-order valence-electron chi connectivity index (χ3n) is 3.42. The van der Waals surface area contributed by atoms with Crippen molar-refractivity contribution in [3.63, 3.8) is 0 Å². The van der Waals surface area contributed by atoms with Crippen LogP contribution >= 0.6 is 0 Å². The van der Waals surface area contributed by atoms with Crippen LogP contribution in [0.25, 0.3) is 0 Å². The van der Waals surface area contributed by atoms with Gasteiger partial charge in [0.05, 0.1) is 0 Å². The largest absolute Gasteiger partial charge is 0.316 e. The molecule has 0 aromatic rings. The zero-order valence-corrected chi connectivity index (χ0v) is 10.5. The summed E-state index contributed by atoms with van der Waals surface area (Å²) >= 11 is 0. The van der Waals surface area contributed by atoms with Gasteiger partial charge in [0.25, 0.3) is 10.2 Å². The van der Waals surface area contributed by atoms with Gasteiger partial charge >= 0.3 is 0 Å². The first-order valence-corrected chi connectivity index (χ1v) is 7.53. The van der Waals surface area contributed by atoms with Crippen molar-refractivity contribution < 1.29 is 8.42 Å². The smallest absolute Gasteiger partial charge is 0.277 e. The molecule has 16 heavy (non-hydrogen) atoms. The second kappa shape index (κ2) is 5.00. The Kier molecular flexibility index (Phi) is 3.84. The molecule has 3 N–H and O–H groups in total. The van der Waals surface area contributed by atoms with Gasteiger partial charge < -0.3 is 5.32 Å². The Morgan fingerprint density at radius 1 is 1.31 bits per heavy atom. The van der Waals surface area contributed by atoms with E-state index in [4.69, 9.17) is 0 Å². The molecule has 1 aliphatic heterocycles. The molecule has 1 heterocycles.